The fourth-order valence-corrected chi connectivity index (χ4v) is 4.51. The van der Waals surface area contributed by atoms with E-state index >= 15 is 0 Å². The molecule has 1 N–H and O–H groups in total. The Bertz CT molecular complexity index is 828. The number of nitrogens with zero attached hydrogens (tertiary/aromatic N) is 3. The third-order valence-corrected chi connectivity index (χ3v) is 5.94. The van der Waals surface area contributed by atoms with Crippen molar-refractivity contribution in [3.63, 3.8) is 0 Å². The van der Waals surface area contributed by atoms with E-state index < -0.39 is 9.84 Å². The van der Waals surface area contributed by atoms with Crippen LogP contribution in [0.25, 0.3) is 0 Å². The summed E-state index contributed by atoms with van der Waals surface area (Å²) in [4.78, 5) is 10.2. The SMILES string of the molecule is CN(c1cc(NCc2ccccc2F)ncn1)C1CCS(=O)(=O)C1. The molecule has 1 fully saturated rings. The number of hydrogen-bond acceptors (Lipinski definition) is 6. The molecule has 1 saturated heterocycles. The van der Waals surface area contributed by atoms with E-state index in [4.69, 9.17) is 0 Å². The third kappa shape index (κ3) is 3.81. The summed E-state index contributed by atoms with van der Waals surface area (Å²) >= 11 is 0. The van der Waals surface area contributed by atoms with E-state index in [-0.39, 0.29) is 23.4 Å². The lowest BCUT2D eigenvalue weighted by molar-refractivity contribution is 0.600. The molecule has 1 unspecified atom stereocenters. The third-order valence-electron chi connectivity index (χ3n) is 4.19. The molecule has 1 aliphatic rings. The molecule has 0 amide bonds. The number of benzene rings is 1. The quantitative estimate of drug-likeness (QED) is 0.887. The number of halogens is 1. The molecule has 24 heavy (non-hydrogen) atoms. The predicted molar refractivity (Wildman–Crippen MR) is 91.2 cm³/mol. The number of nitrogens with one attached hydrogen (secondary N) is 1. The molecule has 1 aromatic carbocycles. The maximum Gasteiger partial charge on any atom is 0.152 e. The molecule has 8 heteroatoms. The van der Waals surface area contributed by atoms with Crippen LogP contribution in [0.1, 0.15) is 12.0 Å². The normalized spacial score (nSPS) is 19.2. The Balaban J connectivity index is 1.69. The summed E-state index contributed by atoms with van der Waals surface area (Å²) in [5.41, 5.74) is 0.549. The molecule has 6 nitrogen and oxygen atoms in total. The highest BCUT2D eigenvalue weighted by Crippen LogP contribution is 2.22. The van der Waals surface area contributed by atoms with Gasteiger partial charge in [-0.1, -0.05) is 18.2 Å². The smallest absolute Gasteiger partial charge is 0.152 e. The van der Waals surface area contributed by atoms with Crippen molar-refractivity contribution in [1.82, 2.24) is 9.97 Å². The van der Waals surface area contributed by atoms with Gasteiger partial charge in [0, 0.05) is 31.3 Å². The lowest BCUT2D eigenvalue weighted by Gasteiger charge is -2.24. The Hall–Kier alpha value is -2.22. The summed E-state index contributed by atoms with van der Waals surface area (Å²) in [5, 5.41) is 3.07. The Morgan fingerprint density at radius 1 is 1.33 bits per heavy atom. The van der Waals surface area contributed by atoms with Crippen LogP contribution in [0.3, 0.4) is 0 Å². The fraction of sp³-hybridized carbons (Fsp3) is 0.375. The minimum atomic E-state index is -2.95. The van der Waals surface area contributed by atoms with Gasteiger partial charge in [-0.05, 0) is 12.5 Å². The average molecular weight is 350 g/mol. The zero-order valence-electron chi connectivity index (χ0n) is 13.3. The Morgan fingerprint density at radius 2 is 2.12 bits per heavy atom. The van der Waals surface area contributed by atoms with Gasteiger partial charge in [-0.25, -0.2) is 22.8 Å². The zero-order chi connectivity index (χ0) is 17.2. The molecule has 2 aromatic rings. The molecule has 128 valence electrons. The van der Waals surface area contributed by atoms with Crippen molar-refractivity contribution in [2.45, 2.75) is 19.0 Å². The molecule has 1 aliphatic heterocycles. The van der Waals surface area contributed by atoms with E-state index in [2.05, 4.69) is 15.3 Å². The molecule has 3 rings (SSSR count). The molecule has 0 aliphatic carbocycles. The topological polar surface area (TPSA) is 75.2 Å². The minimum absolute atomic E-state index is 0.0793. The highest BCUT2D eigenvalue weighted by molar-refractivity contribution is 7.91. The van der Waals surface area contributed by atoms with E-state index in [9.17, 15) is 12.8 Å². The standard InChI is InChI=1S/C16H19FN4O2S/c1-21(13-6-7-24(22,23)10-13)16-8-15(19-11-20-16)18-9-12-4-2-3-5-14(12)17/h2-5,8,11,13H,6-7,9-10H2,1H3,(H,18,19,20). The van der Waals surface area contributed by atoms with Crippen LogP contribution in [0.4, 0.5) is 16.0 Å². The van der Waals surface area contributed by atoms with Gasteiger partial charge in [0.05, 0.1) is 11.5 Å². The summed E-state index contributed by atoms with van der Waals surface area (Å²) < 4.78 is 36.9. The number of anilines is 2. The van der Waals surface area contributed by atoms with Crippen LogP contribution in [0.2, 0.25) is 0 Å². The van der Waals surface area contributed by atoms with Gasteiger partial charge in [-0.15, -0.1) is 0 Å². The van der Waals surface area contributed by atoms with Crippen molar-refractivity contribution in [3.05, 3.63) is 48.0 Å². The lowest BCUT2D eigenvalue weighted by atomic mass is 10.2. The number of sulfone groups is 1. The van der Waals surface area contributed by atoms with Gasteiger partial charge < -0.3 is 10.2 Å². The van der Waals surface area contributed by atoms with Crippen LogP contribution in [-0.4, -0.2) is 43.0 Å². The van der Waals surface area contributed by atoms with Gasteiger partial charge in [0.15, 0.2) is 9.84 Å². The second kappa shape index (κ2) is 6.72. The Kier molecular flexibility index (Phi) is 4.66. The van der Waals surface area contributed by atoms with Crippen molar-refractivity contribution >= 4 is 21.5 Å². The van der Waals surface area contributed by atoms with Crippen LogP contribution in [0.5, 0.6) is 0 Å². The zero-order valence-corrected chi connectivity index (χ0v) is 14.1. The van der Waals surface area contributed by atoms with E-state index in [0.29, 0.717) is 30.2 Å². The van der Waals surface area contributed by atoms with E-state index in [1.54, 1.807) is 24.3 Å². The van der Waals surface area contributed by atoms with Gasteiger partial charge in [-0.2, -0.15) is 0 Å². The largest absolute Gasteiger partial charge is 0.366 e. The van der Waals surface area contributed by atoms with Crippen LogP contribution >= 0.6 is 0 Å². The number of hydrogen-bond donors (Lipinski definition) is 1. The van der Waals surface area contributed by atoms with Gasteiger partial charge in [0.1, 0.15) is 23.8 Å². The second-order valence-electron chi connectivity index (χ2n) is 5.87. The molecule has 0 bridgehead atoms. The first-order chi connectivity index (χ1) is 11.4. The van der Waals surface area contributed by atoms with Gasteiger partial charge in [0.25, 0.3) is 0 Å². The van der Waals surface area contributed by atoms with Gasteiger partial charge in [0.2, 0.25) is 0 Å². The number of rotatable bonds is 5. The van der Waals surface area contributed by atoms with Gasteiger partial charge in [-0.3, -0.25) is 0 Å². The average Bonchev–Trinajstić information content (AvgIpc) is 2.94. The molecule has 1 atom stereocenters. The monoisotopic (exact) mass is 350 g/mol. The molecule has 1 aromatic heterocycles. The minimum Gasteiger partial charge on any atom is -0.366 e. The lowest BCUT2D eigenvalue weighted by Crippen LogP contribution is -2.33. The van der Waals surface area contributed by atoms with Crippen molar-refractivity contribution in [3.8, 4) is 0 Å². The fourth-order valence-electron chi connectivity index (χ4n) is 2.73. The van der Waals surface area contributed by atoms with E-state index in [0.717, 1.165) is 0 Å². The van der Waals surface area contributed by atoms with Crippen molar-refractivity contribution in [1.29, 1.82) is 0 Å². The highest BCUT2D eigenvalue weighted by Gasteiger charge is 2.31. The molecule has 2 heterocycles. The molecule has 0 spiro atoms. The Morgan fingerprint density at radius 3 is 2.83 bits per heavy atom. The highest BCUT2D eigenvalue weighted by atomic mass is 32.2. The number of aromatic nitrogens is 2. The van der Waals surface area contributed by atoms with Crippen molar-refractivity contribution in [2.24, 2.45) is 0 Å². The Labute approximate surface area is 140 Å². The summed E-state index contributed by atoms with van der Waals surface area (Å²) in [7, 11) is -1.12. The second-order valence-corrected chi connectivity index (χ2v) is 8.10. The van der Waals surface area contributed by atoms with Crippen LogP contribution in [0.15, 0.2) is 36.7 Å². The van der Waals surface area contributed by atoms with Crippen LogP contribution in [-0.2, 0) is 16.4 Å². The maximum atomic E-state index is 13.6. The summed E-state index contributed by atoms with van der Waals surface area (Å²) in [6.45, 7) is 0.310. The van der Waals surface area contributed by atoms with Crippen LogP contribution in [0, 0.1) is 5.82 Å². The predicted octanol–water partition coefficient (Wildman–Crippen LogP) is 1.85. The summed E-state index contributed by atoms with van der Waals surface area (Å²) in [6.07, 6.45) is 2.01. The first-order valence-corrected chi connectivity index (χ1v) is 9.49. The van der Waals surface area contributed by atoms with Crippen molar-refractivity contribution < 1.29 is 12.8 Å². The van der Waals surface area contributed by atoms with Crippen LogP contribution < -0.4 is 10.2 Å². The molecular formula is C16H19FN4O2S. The molecule has 0 saturated carbocycles. The van der Waals surface area contributed by atoms with E-state index in [1.165, 1.54) is 12.4 Å². The maximum absolute atomic E-state index is 13.6. The van der Waals surface area contributed by atoms with E-state index in [1.807, 2.05) is 11.9 Å². The first kappa shape index (κ1) is 16.6. The summed E-state index contributed by atoms with van der Waals surface area (Å²) in [6, 6.07) is 8.21. The molecule has 0 radical (unpaired) electrons. The van der Waals surface area contributed by atoms with Gasteiger partial charge >= 0.3 is 0 Å². The summed E-state index contributed by atoms with van der Waals surface area (Å²) in [5.74, 6) is 1.29. The van der Waals surface area contributed by atoms with Crippen molar-refractivity contribution in [2.75, 3.05) is 28.8 Å². The molecular weight excluding hydrogens is 331 g/mol. The first-order valence-electron chi connectivity index (χ1n) is 7.67.